The van der Waals surface area contributed by atoms with Crippen molar-refractivity contribution in [1.82, 2.24) is 0 Å². The molecule has 1 heteroatoms. The summed E-state index contributed by atoms with van der Waals surface area (Å²) < 4.78 is 0. The van der Waals surface area contributed by atoms with Gasteiger partial charge in [0.05, 0.1) is 0 Å². The predicted octanol–water partition coefficient (Wildman–Crippen LogP) is 4.91. The first-order chi connectivity index (χ1) is 6.87. The van der Waals surface area contributed by atoms with Crippen LogP contribution in [0.3, 0.4) is 0 Å². The topological polar surface area (TPSA) is 0 Å². The van der Waals surface area contributed by atoms with E-state index in [2.05, 4.69) is 15.9 Å². The van der Waals surface area contributed by atoms with E-state index in [4.69, 9.17) is 0 Å². The molecule has 0 heterocycles. The lowest BCUT2D eigenvalue weighted by molar-refractivity contribution is 0.0940. The average molecular weight is 259 g/mol. The fraction of sp³-hybridized carbons (Fsp3) is 1.00. The van der Waals surface area contributed by atoms with Gasteiger partial charge < -0.3 is 0 Å². The Bertz CT molecular complexity index is 164. The third-order valence-electron chi connectivity index (χ3n) is 4.59. The zero-order valence-corrected chi connectivity index (χ0v) is 10.8. The van der Waals surface area contributed by atoms with E-state index in [1.807, 2.05) is 0 Å². The van der Waals surface area contributed by atoms with Crippen molar-refractivity contribution in [2.75, 3.05) is 5.33 Å². The monoisotopic (exact) mass is 258 g/mol. The summed E-state index contributed by atoms with van der Waals surface area (Å²) in [4.78, 5) is 0. The van der Waals surface area contributed by atoms with Crippen molar-refractivity contribution in [3.05, 3.63) is 0 Å². The molecule has 2 rings (SSSR count). The minimum atomic E-state index is 0.707. The normalized spacial score (nSPS) is 28.9. The maximum Gasteiger partial charge on any atom is 0.00906 e. The summed E-state index contributed by atoms with van der Waals surface area (Å²) in [7, 11) is 0. The molecule has 0 atom stereocenters. The van der Waals surface area contributed by atoms with Gasteiger partial charge in [0.15, 0.2) is 0 Å². The van der Waals surface area contributed by atoms with Crippen LogP contribution in [0.25, 0.3) is 0 Å². The minimum absolute atomic E-state index is 0.707. The van der Waals surface area contributed by atoms with Crippen molar-refractivity contribution in [3.8, 4) is 0 Å². The van der Waals surface area contributed by atoms with Gasteiger partial charge in [-0.2, -0.15) is 0 Å². The van der Waals surface area contributed by atoms with E-state index in [-0.39, 0.29) is 0 Å². The quantitative estimate of drug-likeness (QED) is 0.618. The van der Waals surface area contributed by atoms with Crippen molar-refractivity contribution < 1.29 is 0 Å². The van der Waals surface area contributed by atoms with Crippen molar-refractivity contribution >= 4 is 15.9 Å². The Morgan fingerprint density at radius 3 is 2.00 bits per heavy atom. The number of alkyl halides is 1. The largest absolute Gasteiger partial charge is 0.0922 e. The van der Waals surface area contributed by atoms with Crippen LogP contribution >= 0.6 is 15.9 Å². The van der Waals surface area contributed by atoms with Gasteiger partial charge in [-0.3, -0.25) is 0 Å². The summed E-state index contributed by atoms with van der Waals surface area (Å²) in [6, 6.07) is 0. The molecule has 0 radical (unpaired) electrons. The van der Waals surface area contributed by atoms with Crippen molar-refractivity contribution in [1.29, 1.82) is 0 Å². The molecule has 0 saturated heterocycles. The molecule has 0 bridgehead atoms. The molecule has 2 aliphatic carbocycles. The predicted molar refractivity (Wildman–Crippen MR) is 65.9 cm³/mol. The van der Waals surface area contributed by atoms with Gasteiger partial charge in [-0.05, 0) is 37.0 Å². The van der Waals surface area contributed by atoms with Crippen LogP contribution in [-0.2, 0) is 0 Å². The molecule has 0 spiro atoms. The van der Waals surface area contributed by atoms with Crippen LogP contribution in [0.1, 0.15) is 64.2 Å². The van der Waals surface area contributed by atoms with E-state index in [9.17, 15) is 0 Å². The molecular weight excluding hydrogens is 236 g/mol. The standard InChI is InChI=1S/C13H23Br/c14-11-13(9-5-2-6-10-13)12-7-3-1-4-8-12/h12H,1-11H2. The van der Waals surface area contributed by atoms with Gasteiger partial charge in [0.1, 0.15) is 0 Å². The number of hydrogen-bond acceptors (Lipinski definition) is 0. The smallest absolute Gasteiger partial charge is 0.00906 e. The first-order valence-corrected chi connectivity index (χ1v) is 7.55. The molecule has 2 aliphatic rings. The van der Waals surface area contributed by atoms with E-state index in [0.717, 1.165) is 5.92 Å². The summed E-state index contributed by atoms with van der Waals surface area (Å²) in [5, 5.41) is 1.27. The molecule has 0 aliphatic heterocycles. The van der Waals surface area contributed by atoms with E-state index in [1.165, 1.54) is 69.5 Å². The van der Waals surface area contributed by atoms with Gasteiger partial charge in [0.25, 0.3) is 0 Å². The first-order valence-electron chi connectivity index (χ1n) is 6.43. The summed E-state index contributed by atoms with van der Waals surface area (Å²) in [5.41, 5.74) is 0.707. The van der Waals surface area contributed by atoms with Crippen LogP contribution in [0.5, 0.6) is 0 Å². The summed E-state index contributed by atoms with van der Waals surface area (Å²) in [6.45, 7) is 0. The second-order valence-corrected chi connectivity index (χ2v) is 5.95. The molecule has 82 valence electrons. The van der Waals surface area contributed by atoms with E-state index in [0.29, 0.717) is 5.41 Å². The van der Waals surface area contributed by atoms with E-state index >= 15 is 0 Å². The van der Waals surface area contributed by atoms with Crippen LogP contribution in [0.15, 0.2) is 0 Å². The van der Waals surface area contributed by atoms with Crippen molar-refractivity contribution in [3.63, 3.8) is 0 Å². The fourth-order valence-electron chi connectivity index (χ4n) is 3.62. The molecule has 0 aromatic carbocycles. The molecule has 0 unspecified atom stereocenters. The first kappa shape index (κ1) is 11.0. The highest BCUT2D eigenvalue weighted by atomic mass is 79.9. The second kappa shape index (κ2) is 5.01. The minimum Gasteiger partial charge on any atom is -0.0922 e. The summed E-state index contributed by atoms with van der Waals surface area (Å²) in [6.07, 6.45) is 15.0. The lowest BCUT2D eigenvalue weighted by Gasteiger charge is -2.44. The Kier molecular flexibility index (Phi) is 3.93. The Morgan fingerprint density at radius 2 is 1.43 bits per heavy atom. The third-order valence-corrected chi connectivity index (χ3v) is 5.70. The molecule has 2 fully saturated rings. The highest BCUT2D eigenvalue weighted by molar-refractivity contribution is 9.09. The SMILES string of the molecule is BrCC1(C2CCCCC2)CCCCC1. The van der Waals surface area contributed by atoms with Crippen molar-refractivity contribution in [2.24, 2.45) is 11.3 Å². The third kappa shape index (κ3) is 2.18. The van der Waals surface area contributed by atoms with Gasteiger partial charge in [-0.25, -0.2) is 0 Å². The molecule has 14 heavy (non-hydrogen) atoms. The molecule has 0 amide bonds. The Hall–Kier alpha value is 0.480. The number of halogens is 1. The Morgan fingerprint density at radius 1 is 0.857 bits per heavy atom. The van der Waals surface area contributed by atoms with Crippen molar-refractivity contribution in [2.45, 2.75) is 64.2 Å². The molecule has 0 N–H and O–H groups in total. The molecule has 0 aromatic heterocycles. The Labute approximate surface area is 97.0 Å². The molecule has 2 saturated carbocycles. The van der Waals surface area contributed by atoms with E-state index < -0.39 is 0 Å². The molecule has 0 nitrogen and oxygen atoms in total. The maximum absolute atomic E-state index is 3.80. The summed E-state index contributed by atoms with van der Waals surface area (Å²) in [5.74, 6) is 1.05. The van der Waals surface area contributed by atoms with E-state index in [1.54, 1.807) is 0 Å². The van der Waals surface area contributed by atoms with Crippen LogP contribution in [0.2, 0.25) is 0 Å². The van der Waals surface area contributed by atoms with Gasteiger partial charge in [-0.15, -0.1) is 0 Å². The van der Waals surface area contributed by atoms with Crippen LogP contribution in [0, 0.1) is 11.3 Å². The van der Waals surface area contributed by atoms with Gasteiger partial charge in [-0.1, -0.05) is 54.5 Å². The zero-order chi connectivity index (χ0) is 9.86. The molecular formula is C13H23Br. The van der Waals surface area contributed by atoms with Crippen LogP contribution in [-0.4, -0.2) is 5.33 Å². The maximum atomic E-state index is 3.80. The highest BCUT2D eigenvalue weighted by Gasteiger charge is 2.38. The van der Waals surface area contributed by atoms with Crippen LogP contribution < -0.4 is 0 Å². The second-order valence-electron chi connectivity index (χ2n) is 5.39. The lowest BCUT2D eigenvalue weighted by Crippen LogP contribution is -2.35. The summed E-state index contributed by atoms with van der Waals surface area (Å²) >= 11 is 3.80. The number of hydrogen-bond donors (Lipinski definition) is 0. The number of rotatable bonds is 2. The van der Waals surface area contributed by atoms with Gasteiger partial charge in [0.2, 0.25) is 0 Å². The Balaban J connectivity index is 2.01. The lowest BCUT2D eigenvalue weighted by atomic mass is 9.63. The van der Waals surface area contributed by atoms with Gasteiger partial charge >= 0.3 is 0 Å². The fourth-order valence-corrected chi connectivity index (χ4v) is 4.64. The zero-order valence-electron chi connectivity index (χ0n) is 9.23. The van der Waals surface area contributed by atoms with Crippen LogP contribution in [0.4, 0.5) is 0 Å². The van der Waals surface area contributed by atoms with Gasteiger partial charge in [0, 0.05) is 5.33 Å². The highest BCUT2D eigenvalue weighted by Crippen LogP contribution is 2.49. The average Bonchev–Trinajstić information content (AvgIpc) is 2.31. The molecule has 0 aromatic rings.